The van der Waals surface area contributed by atoms with Crippen LogP contribution in [0, 0.1) is 5.82 Å². The van der Waals surface area contributed by atoms with E-state index in [4.69, 9.17) is 11.6 Å². The van der Waals surface area contributed by atoms with Gasteiger partial charge in [0.25, 0.3) is 5.91 Å². The zero-order valence-electron chi connectivity index (χ0n) is 14.6. The maximum atomic E-state index is 13.6. The van der Waals surface area contributed by atoms with Gasteiger partial charge >= 0.3 is 0 Å². The maximum absolute atomic E-state index is 13.6. The Hall–Kier alpha value is -2.92. The molecule has 0 atom stereocenters. The van der Waals surface area contributed by atoms with E-state index in [0.717, 1.165) is 5.56 Å². The molecule has 138 valence electrons. The third-order valence-electron chi connectivity index (χ3n) is 4.05. The highest BCUT2D eigenvalue weighted by Gasteiger charge is 2.07. The van der Waals surface area contributed by atoms with Crippen LogP contribution in [0.25, 0.3) is 0 Å². The van der Waals surface area contributed by atoms with E-state index in [1.54, 1.807) is 42.6 Å². The van der Waals surface area contributed by atoms with Gasteiger partial charge in [-0.3, -0.25) is 4.79 Å². The monoisotopic (exact) mass is 383 g/mol. The third-order valence-corrected chi connectivity index (χ3v) is 4.30. The number of aromatic nitrogens is 1. The Morgan fingerprint density at radius 2 is 1.85 bits per heavy atom. The molecule has 0 radical (unpaired) electrons. The van der Waals surface area contributed by atoms with Gasteiger partial charge in [0.1, 0.15) is 11.6 Å². The van der Waals surface area contributed by atoms with E-state index in [1.165, 1.54) is 6.07 Å². The minimum atomic E-state index is -0.220. The van der Waals surface area contributed by atoms with Crippen LogP contribution in [0.2, 0.25) is 5.02 Å². The number of halogens is 2. The Labute approximate surface area is 162 Å². The molecule has 1 heterocycles. The van der Waals surface area contributed by atoms with Crippen LogP contribution in [-0.4, -0.2) is 17.4 Å². The Bertz CT molecular complexity index is 915. The smallest absolute Gasteiger partial charge is 0.251 e. The van der Waals surface area contributed by atoms with Crippen molar-refractivity contribution in [3.8, 4) is 0 Å². The summed E-state index contributed by atoms with van der Waals surface area (Å²) in [7, 11) is 0. The standard InChI is InChI=1S/C21H19ClFN3O/c22-18-7-5-15(6-8-18)14-26-21(27)17-10-12-25-20(13-17)24-11-9-16-3-1-2-4-19(16)23/h1-8,10,12-13H,9,11,14H2,(H,24,25)(H,26,27). The van der Waals surface area contributed by atoms with Crippen molar-refractivity contribution in [2.24, 2.45) is 0 Å². The molecule has 1 aromatic heterocycles. The van der Waals surface area contributed by atoms with Crippen molar-refractivity contribution in [2.75, 3.05) is 11.9 Å². The minimum Gasteiger partial charge on any atom is -0.370 e. The summed E-state index contributed by atoms with van der Waals surface area (Å²) < 4.78 is 13.6. The van der Waals surface area contributed by atoms with Crippen molar-refractivity contribution in [3.63, 3.8) is 0 Å². The first kappa shape index (κ1) is 18.9. The van der Waals surface area contributed by atoms with Crippen molar-refractivity contribution in [3.05, 3.63) is 94.4 Å². The van der Waals surface area contributed by atoms with E-state index >= 15 is 0 Å². The van der Waals surface area contributed by atoms with E-state index in [1.807, 2.05) is 18.2 Å². The van der Waals surface area contributed by atoms with Gasteiger partial charge in [-0.15, -0.1) is 0 Å². The number of anilines is 1. The van der Waals surface area contributed by atoms with Crippen molar-refractivity contribution in [2.45, 2.75) is 13.0 Å². The number of pyridine rings is 1. The number of carbonyl (C=O) groups is 1. The van der Waals surface area contributed by atoms with Gasteiger partial charge in [-0.05, 0) is 47.9 Å². The summed E-state index contributed by atoms with van der Waals surface area (Å²) in [4.78, 5) is 16.5. The van der Waals surface area contributed by atoms with Gasteiger partial charge in [0.2, 0.25) is 0 Å². The van der Waals surface area contributed by atoms with Crippen molar-refractivity contribution in [1.29, 1.82) is 0 Å². The molecule has 27 heavy (non-hydrogen) atoms. The van der Waals surface area contributed by atoms with Crippen molar-refractivity contribution < 1.29 is 9.18 Å². The predicted molar refractivity (Wildman–Crippen MR) is 105 cm³/mol. The average Bonchev–Trinajstić information content (AvgIpc) is 2.69. The second-order valence-electron chi connectivity index (χ2n) is 6.01. The fourth-order valence-electron chi connectivity index (χ4n) is 2.58. The van der Waals surface area contributed by atoms with Gasteiger partial charge in [0, 0.05) is 29.9 Å². The highest BCUT2D eigenvalue weighted by atomic mass is 35.5. The molecule has 0 saturated heterocycles. The van der Waals surface area contributed by atoms with Crippen LogP contribution < -0.4 is 10.6 Å². The largest absolute Gasteiger partial charge is 0.370 e. The summed E-state index contributed by atoms with van der Waals surface area (Å²) in [5.41, 5.74) is 2.11. The lowest BCUT2D eigenvalue weighted by Gasteiger charge is -2.09. The lowest BCUT2D eigenvalue weighted by molar-refractivity contribution is 0.0951. The second kappa shape index (κ2) is 9.14. The van der Waals surface area contributed by atoms with Crippen LogP contribution in [0.3, 0.4) is 0 Å². The molecule has 0 unspecified atom stereocenters. The Morgan fingerprint density at radius 3 is 2.63 bits per heavy atom. The molecule has 1 amide bonds. The van der Waals surface area contributed by atoms with Gasteiger partial charge in [-0.2, -0.15) is 0 Å². The van der Waals surface area contributed by atoms with Crippen LogP contribution in [0.4, 0.5) is 10.2 Å². The number of benzene rings is 2. The van der Waals surface area contributed by atoms with E-state index in [9.17, 15) is 9.18 Å². The zero-order chi connectivity index (χ0) is 19.1. The van der Waals surface area contributed by atoms with Crippen molar-refractivity contribution >= 4 is 23.3 Å². The molecule has 0 aliphatic carbocycles. The number of hydrogen-bond acceptors (Lipinski definition) is 3. The molecule has 0 fully saturated rings. The molecular formula is C21H19ClFN3O. The van der Waals surface area contributed by atoms with E-state index < -0.39 is 0 Å². The van der Waals surface area contributed by atoms with Crippen LogP contribution in [0.15, 0.2) is 66.9 Å². The topological polar surface area (TPSA) is 54.0 Å². The Balaban J connectivity index is 1.53. The number of rotatable bonds is 7. The third kappa shape index (κ3) is 5.53. The number of carbonyl (C=O) groups excluding carboxylic acids is 1. The summed E-state index contributed by atoms with van der Waals surface area (Å²) in [6.45, 7) is 0.929. The summed E-state index contributed by atoms with van der Waals surface area (Å²) >= 11 is 5.86. The number of nitrogens with one attached hydrogen (secondary N) is 2. The maximum Gasteiger partial charge on any atom is 0.251 e. The molecule has 0 spiro atoms. The van der Waals surface area contributed by atoms with E-state index in [-0.39, 0.29) is 11.7 Å². The summed E-state index contributed by atoms with van der Waals surface area (Å²) in [6, 6.07) is 17.3. The molecule has 6 heteroatoms. The summed E-state index contributed by atoms with van der Waals surface area (Å²) in [5, 5.41) is 6.65. The second-order valence-corrected chi connectivity index (χ2v) is 6.44. The first-order valence-corrected chi connectivity index (χ1v) is 8.95. The molecule has 3 aromatic rings. The van der Waals surface area contributed by atoms with Crippen LogP contribution >= 0.6 is 11.6 Å². The van der Waals surface area contributed by atoms with Gasteiger partial charge in [-0.25, -0.2) is 9.37 Å². The van der Waals surface area contributed by atoms with Gasteiger partial charge in [0.15, 0.2) is 0 Å². The Morgan fingerprint density at radius 1 is 1.07 bits per heavy atom. The first-order valence-electron chi connectivity index (χ1n) is 8.58. The fourth-order valence-corrected chi connectivity index (χ4v) is 2.71. The molecule has 2 aromatic carbocycles. The Kier molecular flexibility index (Phi) is 6.39. The minimum absolute atomic E-state index is 0.190. The SMILES string of the molecule is O=C(NCc1ccc(Cl)cc1)c1ccnc(NCCc2ccccc2F)c1. The lowest BCUT2D eigenvalue weighted by Crippen LogP contribution is -2.23. The number of amides is 1. The van der Waals surface area contributed by atoms with Gasteiger partial charge in [-0.1, -0.05) is 41.9 Å². The number of hydrogen-bond donors (Lipinski definition) is 2. The molecule has 2 N–H and O–H groups in total. The summed E-state index contributed by atoms with van der Waals surface area (Å²) in [5.74, 6) is 0.164. The van der Waals surface area contributed by atoms with E-state index in [2.05, 4.69) is 15.6 Å². The molecule has 4 nitrogen and oxygen atoms in total. The molecule has 0 aliphatic heterocycles. The van der Waals surface area contributed by atoms with Gasteiger partial charge in [0.05, 0.1) is 0 Å². The van der Waals surface area contributed by atoms with Crippen LogP contribution in [0.5, 0.6) is 0 Å². The molecular weight excluding hydrogens is 365 g/mol. The van der Waals surface area contributed by atoms with Crippen molar-refractivity contribution in [1.82, 2.24) is 10.3 Å². The lowest BCUT2D eigenvalue weighted by atomic mass is 10.1. The van der Waals surface area contributed by atoms with E-state index in [0.29, 0.717) is 41.5 Å². The highest BCUT2D eigenvalue weighted by molar-refractivity contribution is 6.30. The molecule has 3 rings (SSSR count). The number of nitrogens with zero attached hydrogens (tertiary/aromatic N) is 1. The van der Waals surface area contributed by atoms with Crippen LogP contribution in [-0.2, 0) is 13.0 Å². The molecule has 0 bridgehead atoms. The molecule has 0 aliphatic rings. The first-order chi connectivity index (χ1) is 13.1. The fraction of sp³-hybridized carbons (Fsp3) is 0.143. The normalized spacial score (nSPS) is 10.4. The predicted octanol–water partition coefficient (Wildman–Crippen LogP) is 4.46. The average molecular weight is 384 g/mol. The molecule has 0 saturated carbocycles. The zero-order valence-corrected chi connectivity index (χ0v) is 15.3. The van der Waals surface area contributed by atoms with Gasteiger partial charge < -0.3 is 10.6 Å². The quantitative estimate of drug-likeness (QED) is 0.633. The summed E-state index contributed by atoms with van der Waals surface area (Å²) in [6.07, 6.45) is 2.10. The van der Waals surface area contributed by atoms with Crippen LogP contribution in [0.1, 0.15) is 21.5 Å². The highest BCUT2D eigenvalue weighted by Crippen LogP contribution is 2.11.